The van der Waals surface area contributed by atoms with Gasteiger partial charge in [-0.1, -0.05) is 12.1 Å². The van der Waals surface area contributed by atoms with Crippen molar-refractivity contribution in [3.8, 4) is 11.1 Å². The number of aromatic amines is 1. The normalized spacial score (nSPS) is 13.3. The van der Waals surface area contributed by atoms with Crippen LogP contribution >= 0.6 is 0 Å². The Morgan fingerprint density at radius 3 is 2.62 bits per heavy atom. The van der Waals surface area contributed by atoms with Crippen LogP contribution in [0.2, 0.25) is 0 Å². The molecule has 1 atom stereocenters. The number of aromatic nitrogens is 2. The molecule has 7 heteroatoms. The molecule has 3 rings (SSSR count). The highest BCUT2D eigenvalue weighted by molar-refractivity contribution is 7.89. The molecule has 126 valence electrons. The largest absolute Gasteiger partial charge is 0.395 e. The number of H-pyrrole nitrogens is 1. The summed E-state index contributed by atoms with van der Waals surface area (Å²) in [6.45, 7) is 3.32. The minimum Gasteiger partial charge on any atom is -0.395 e. The van der Waals surface area contributed by atoms with E-state index in [9.17, 15) is 8.42 Å². The van der Waals surface area contributed by atoms with Crippen LogP contribution in [-0.2, 0) is 10.0 Å². The number of hydrogen-bond donors (Lipinski definition) is 3. The van der Waals surface area contributed by atoms with Gasteiger partial charge in [0.2, 0.25) is 10.0 Å². The van der Waals surface area contributed by atoms with Crippen LogP contribution in [0, 0.1) is 6.92 Å². The predicted octanol–water partition coefficient (Wildman–Crippen LogP) is 2.20. The van der Waals surface area contributed by atoms with Crippen LogP contribution in [0.15, 0.2) is 47.5 Å². The SMILES string of the molecule is Cc1cc2c(-c3ccc(S(=O)(=O)NC(C)CO)cc3)ccnc2[nH]1. The van der Waals surface area contributed by atoms with E-state index in [-0.39, 0.29) is 11.5 Å². The third-order valence-corrected chi connectivity index (χ3v) is 5.38. The lowest BCUT2D eigenvalue weighted by Gasteiger charge is -2.12. The summed E-state index contributed by atoms with van der Waals surface area (Å²) in [4.78, 5) is 7.66. The second kappa shape index (κ2) is 6.35. The van der Waals surface area contributed by atoms with Gasteiger partial charge in [-0.25, -0.2) is 18.1 Å². The van der Waals surface area contributed by atoms with E-state index in [4.69, 9.17) is 5.11 Å². The Kier molecular flexibility index (Phi) is 4.40. The fraction of sp³-hybridized carbons (Fsp3) is 0.235. The van der Waals surface area contributed by atoms with Gasteiger partial charge in [-0.2, -0.15) is 0 Å². The number of nitrogens with one attached hydrogen (secondary N) is 2. The first kappa shape index (κ1) is 16.6. The minimum absolute atomic E-state index is 0.169. The highest BCUT2D eigenvalue weighted by Gasteiger charge is 2.17. The molecule has 3 aromatic rings. The molecule has 24 heavy (non-hydrogen) atoms. The smallest absolute Gasteiger partial charge is 0.240 e. The zero-order chi connectivity index (χ0) is 17.3. The number of pyridine rings is 1. The molecule has 0 bridgehead atoms. The van der Waals surface area contributed by atoms with E-state index in [0.29, 0.717) is 0 Å². The second-order valence-corrected chi connectivity index (χ2v) is 7.52. The number of hydrogen-bond acceptors (Lipinski definition) is 4. The van der Waals surface area contributed by atoms with Crippen molar-refractivity contribution in [2.24, 2.45) is 0 Å². The van der Waals surface area contributed by atoms with E-state index in [1.54, 1.807) is 37.4 Å². The number of sulfonamides is 1. The first-order valence-corrected chi connectivity index (χ1v) is 9.07. The summed E-state index contributed by atoms with van der Waals surface area (Å²) in [5, 5.41) is 10.0. The predicted molar refractivity (Wildman–Crippen MR) is 93.1 cm³/mol. The van der Waals surface area contributed by atoms with Gasteiger partial charge in [0.1, 0.15) is 5.65 Å². The Labute approximate surface area is 140 Å². The molecular weight excluding hydrogens is 326 g/mol. The first-order chi connectivity index (χ1) is 11.4. The van der Waals surface area contributed by atoms with Crippen LogP contribution in [0.4, 0.5) is 0 Å². The number of nitrogens with zero attached hydrogens (tertiary/aromatic N) is 1. The average molecular weight is 345 g/mol. The number of benzene rings is 1. The molecule has 0 amide bonds. The van der Waals surface area contributed by atoms with Crippen LogP contribution in [0.5, 0.6) is 0 Å². The zero-order valence-corrected chi connectivity index (χ0v) is 14.3. The monoisotopic (exact) mass is 345 g/mol. The fourth-order valence-electron chi connectivity index (χ4n) is 2.59. The summed E-state index contributed by atoms with van der Waals surface area (Å²) < 4.78 is 26.9. The van der Waals surface area contributed by atoms with Gasteiger partial charge in [0.25, 0.3) is 0 Å². The van der Waals surface area contributed by atoms with Crippen molar-refractivity contribution in [2.75, 3.05) is 6.61 Å². The molecule has 1 aromatic carbocycles. The first-order valence-electron chi connectivity index (χ1n) is 7.58. The van der Waals surface area contributed by atoms with Crippen molar-refractivity contribution < 1.29 is 13.5 Å². The van der Waals surface area contributed by atoms with Crippen LogP contribution < -0.4 is 4.72 Å². The van der Waals surface area contributed by atoms with E-state index < -0.39 is 16.1 Å². The van der Waals surface area contributed by atoms with Crippen molar-refractivity contribution in [3.05, 3.63) is 48.3 Å². The molecule has 0 radical (unpaired) electrons. The fourth-order valence-corrected chi connectivity index (χ4v) is 3.83. The Morgan fingerprint density at radius 2 is 1.96 bits per heavy atom. The molecule has 0 spiro atoms. The molecule has 0 fully saturated rings. The molecular formula is C17H19N3O3S. The summed E-state index contributed by atoms with van der Waals surface area (Å²) >= 11 is 0. The number of fused-ring (bicyclic) bond motifs is 1. The summed E-state index contributed by atoms with van der Waals surface area (Å²) in [5.41, 5.74) is 3.73. The minimum atomic E-state index is -3.64. The van der Waals surface area contributed by atoms with Crippen LogP contribution in [0.25, 0.3) is 22.2 Å². The third-order valence-electron chi connectivity index (χ3n) is 3.77. The van der Waals surface area contributed by atoms with Gasteiger partial charge in [-0.3, -0.25) is 0 Å². The Hall–Kier alpha value is -2.22. The van der Waals surface area contributed by atoms with Gasteiger partial charge in [0.15, 0.2) is 0 Å². The molecule has 1 unspecified atom stereocenters. The standard InChI is InChI=1S/C17H19N3O3S/c1-11-9-16-15(7-8-18-17(16)19-11)13-3-5-14(6-4-13)24(22,23)20-12(2)10-21/h3-9,12,20-21H,10H2,1-2H3,(H,18,19). The van der Waals surface area contributed by atoms with Crippen molar-refractivity contribution >= 4 is 21.1 Å². The highest BCUT2D eigenvalue weighted by atomic mass is 32.2. The third kappa shape index (κ3) is 3.19. The Morgan fingerprint density at radius 1 is 1.25 bits per heavy atom. The van der Waals surface area contributed by atoms with Gasteiger partial charge < -0.3 is 10.1 Å². The molecule has 0 saturated heterocycles. The van der Waals surface area contributed by atoms with E-state index in [2.05, 4.69) is 14.7 Å². The van der Waals surface area contributed by atoms with Gasteiger partial charge >= 0.3 is 0 Å². The Bertz CT molecular complexity index is 962. The molecule has 2 aromatic heterocycles. The number of aliphatic hydroxyl groups excluding tert-OH is 1. The van der Waals surface area contributed by atoms with Gasteiger partial charge in [0, 0.05) is 23.3 Å². The van der Waals surface area contributed by atoms with E-state index in [1.807, 2.05) is 19.1 Å². The van der Waals surface area contributed by atoms with Crippen LogP contribution in [0.3, 0.4) is 0 Å². The lowest BCUT2D eigenvalue weighted by atomic mass is 10.0. The van der Waals surface area contributed by atoms with Crippen LogP contribution in [0.1, 0.15) is 12.6 Å². The molecule has 6 nitrogen and oxygen atoms in total. The number of rotatable bonds is 5. The quantitative estimate of drug-likeness (QED) is 0.660. The summed E-state index contributed by atoms with van der Waals surface area (Å²) in [5.74, 6) is 0. The summed E-state index contributed by atoms with van der Waals surface area (Å²) in [6.07, 6.45) is 1.72. The van der Waals surface area contributed by atoms with Crippen molar-refractivity contribution in [1.82, 2.24) is 14.7 Å². The van der Waals surface area contributed by atoms with Crippen molar-refractivity contribution in [1.29, 1.82) is 0 Å². The van der Waals surface area contributed by atoms with E-state index >= 15 is 0 Å². The highest BCUT2D eigenvalue weighted by Crippen LogP contribution is 2.28. The molecule has 2 heterocycles. The van der Waals surface area contributed by atoms with E-state index in [1.165, 1.54) is 0 Å². The lowest BCUT2D eigenvalue weighted by molar-refractivity contribution is 0.265. The number of aryl methyl sites for hydroxylation is 1. The topological polar surface area (TPSA) is 95.1 Å². The maximum absolute atomic E-state index is 12.2. The molecule has 0 aliphatic rings. The zero-order valence-electron chi connectivity index (χ0n) is 13.4. The summed E-state index contributed by atoms with van der Waals surface area (Å²) in [6, 6.07) is 10.1. The van der Waals surface area contributed by atoms with E-state index in [0.717, 1.165) is 27.9 Å². The second-order valence-electron chi connectivity index (χ2n) is 5.80. The maximum atomic E-state index is 12.2. The van der Waals surface area contributed by atoms with Gasteiger partial charge in [0.05, 0.1) is 11.5 Å². The van der Waals surface area contributed by atoms with Gasteiger partial charge in [-0.05, 0) is 49.2 Å². The molecule has 0 aliphatic heterocycles. The van der Waals surface area contributed by atoms with Gasteiger partial charge in [-0.15, -0.1) is 0 Å². The summed E-state index contributed by atoms with van der Waals surface area (Å²) in [7, 11) is -3.64. The van der Waals surface area contributed by atoms with Crippen molar-refractivity contribution in [2.45, 2.75) is 24.8 Å². The van der Waals surface area contributed by atoms with Crippen LogP contribution in [-0.4, -0.2) is 36.1 Å². The lowest BCUT2D eigenvalue weighted by Crippen LogP contribution is -2.34. The maximum Gasteiger partial charge on any atom is 0.240 e. The number of aliphatic hydroxyl groups is 1. The average Bonchev–Trinajstić information content (AvgIpc) is 2.94. The molecule has 0 aliphatic carbocycles. The molecule has 3 N–H and O–H groups in total. The van der Waals surface area contributed by atoms with Crippen molar-refractivity contribution in [3.63, 3.8) is 0 Å². The molecule has 0 saturated carbocycles. The Balaban J connectivity index is 1.97.